The topological polar surface area (TPSA) is 160 Å². The zero-order valence-electron chi connectivity index (χ0n) is 10.4. The van der Waals surface area contributed by atoms with Crippen LogP contribution in [0.5, 0.6) is 0 Å². The zero-order valence-corrected chi connectivity index (χ0v) is 13.5. The molecule has 1 aromatic heterocycles. The molecule has 1 unspecified atom stereocenters. The number of nitrogens with zero attached hydrogens (tertiary/aromatic N) is 1. The first kappa shape index (κ1) is 17.0. The van der Waals surface area contributed by atoms with E-state index in [4.69, 9.17) is 19.7 Å². The molecule has 12 heteroatoms. The Morgan fingerprint density at radius 2 is 2.14 bits per heavy atom. The Morgan fingerprint density at radius 1 is 1.48 bits per heavy atom. The van der Waals surface area contributed by atoms with Gasteiger partial charge in [0.1, 0.15) is 18.3 Å². The first-order valence-corrected chi connectivity index (χ1v) is 8.06. The molecule has 21 heavy (non-hydrogen) atoms. The fourth-order valence-electron chi connectivity index (χ4n) is 1.90. The Bertz CT molecular complexity index is 620. The molecule has 0 amide bonds. The van der Waals surface area contributed by atoms with E-state index in [0.717, 1.165) is 4.57 Å². The van der Waals surface area contributed by atoms with Crippen LogP contribution in [0.1, 0.15) is 6.23 Å². The average molecular weight is 433 g/mol. The van der Waals surface area contributed by atoms with Crippen LogP contribution in [0.25, 0.3) is 0 Å². The maximum Gasteiger partial charge on any atom is 0.330 e. The molecule has 1 fully saturated rings. The molecule has 10 nitrogen and oxygen atoms in total. The third kappa shape index (κ3) is 3.68. The Kier molecular flexibility index (Phi) is 5.48. The van der Waals surface area contributed by atoms with Gasteiger partial charge in [-0.05, 0) is 22.6 Å². The average Bonchev–Trinajstić information content (AvgIpc) is 2.68. The van der Waals surface area contributed by atoms with Crippen molar-refractivity contribution in [3.8, 4) is 0 Å². The highest BCUT2D eigenvalue weighted by molar-refractivity contribution is 14.1. The van der Waals surface area contributed by atoms with Gasteiger partial charge in [-0.3, -0.25) is 19.8 Å². The van der Waals surface area contributed by atoms with Crippen molar-refractivity contribution in [1.82, 2.24) is 9.55 Å². The lowest BCUT2D eigenvalue weighted by Crippen LogP contribution is -2.38. The lowest BCUT2D eigenvalue weighted by atomic mass is 10.1. The van der Waals surface area contributed by atoms with E-state index in [1.54, 1.807) is 22.6 Å². The number of H-pyrrole nitrogens is 1. The molecular weight excluding hydrogens is 420 g/mol. The van der Waals surface area contributed by atoms with Gasteiger partial charge in [-0.25, -0.2) is 4.79 Å². The summed E-state index contributed by atoms with van der Waals surface area (Å²) in [4.78, 5) is 34.0. The molecule has 0 aliphatic carbocycles. The van der Waals surface area contributed by atoms with Crippen LogP contribution in [0.4, 0.5) is 0 Å². The van der Waals surface area contributed by atoms with E-state index in [-0.39, 0.29) is 10.2 Å². The minimum absolute atomic E-state index is 0.220. The van der Waals surface area contributed by atoms with Crippen LogP contribution < -0.4 is 16.8 Å². The minimum atomic E-state index is -2.12. The largest absolute Gasteiger partial charge is 0.387 e. The molecule has 2 heterocycles. The highest BCUT2D eigenvalue weighted by Crippen LogP contribution is 2.31. The summed E-state index contributed by atoms with van der Waals surface area (Å²) in [5.74, 6) is 0. The van der Waals surface area contributed by atoms with Gasteiger partial charge in [0.15, 0.2) is 6.23 Å². The first-order valence-electron chi connectivity index (χ1n) is 5.70. The van der Waals surface area contributed by atoms with E-state index < -0.39 is 44.3 Å². The lowest BCUT2D eigenvalue weighted by molar-refractivity contribution is -0.0515. The molecule has 1 saturated heterocycles. The van der Waals surface area contributed by atoms with Gasteiger partial charge < -0.3 is 24.4 Å². The van der Waals surface area contributed by atoms with Crippen LogP contribution in [-0.4, -0.2) is 49.6 Å². The summed E-state index contributed by atoms with van der Waals surface area (Å²) in [6.07, 6.45) is -3.67. The Balaban J connectivity index is 2.23. The number of aromatic amines is 1. The third-order valence-electron chi connectivity index (χ3n) is 2.91. The van der Waals surface area contributed by atoms with E-state index >= 15 is 0 Å². The van der Waals surface area contributed by atoms with Gasteiger partial charge in [0.2, 0.25) is 8.53 Å². The first-order chi connectivity index (χ1) is 9.81. The highest BCUT2D eigenvalue weighted by Gasteiger charge is 2.44. The molecule has 118 valence electrons. The van der Waals surface area contributed by atoms with Crippen molar-refractivity contribution in [3.63, 3.8) is 0 Å². The second kappa shape index (κ2) is 6.79. The SMILES string of the molecule is NP(O)OC[C@H]1O[C@@H](n2cc(I)c(=O)[nH]c2=O)[C@H](O)[C@@H]1O. The Hall–Kier alpha value is -0.400. The number of aromatic nitrogens is 2. The molecule has 5 atom stereocenters. The number of rotatable bonds is 4. The molecule has 0 aromatic carbocycles. The fraction of sp³-hybridized carbons (Fsp3) is 0.556. The predicted octanol–water partition coefficient (Wildman–Crippen LogP) is -2.05. The molecule has 0 saturated carbocycles. The second-order valence-electron chi connectivity index (χ2n) is 4.29. The molecule has 0 bridgehead atoms. The van der Waals surface area contributed by atoms with Crippen molar-refractivity contribution in [1.29, 1.82) is 0 Å². The Morgan fingerprint density at radius 3 is 2.76 bits per heavy atom. The van der Waals surface area contributed by atoms with Crippen molar-refractivity contribution in [2.24, 2.45) is 5.50 Å². The molecule has 6 N–H and O–H groups in total. The quantitative estimate of drug-likeness (QED) is 0.268. The molecule has 1 aliphatic heterocycles. The van der Waals surface area contributed by atoms with Gasteiger partial charge in [0.05, 0.1) is 10.2 Å². The van der Waals surface area contributed by atoms with Crippen LogP contribution in [0.2, 0.25) is 0 Å². The van der Waals surface area contributed by atoms with E-state index in [1.807, 2.05) is 0 Å². The molecular formula is C9H13IN3O7P. The van der Waals surface area contributed by atoms with Crippen LogP contribution >= 0.6 is 31.1 Å². The smallest absolute Gasteiger partial charge is 0.330 e. The van der Waals surface area contributed by atoms with Gasteiger partial charge >= 0.3 is 5.69 Å². The molecule has 1 aliphatic rings. The number of nitrogens with two attached hydrogens (primary N) is 1. The van der Waals surface area contributed by atoms with Gasteiger partial charge in [-0.1, -0.05) is 0 Å². The predicted molar refractivity (Wildman–Crippen MR) is 79.2 cm³/mol. The van der Waals surface area contributed by atoms with Crippen molar-refractivity contribution in [2.45, 2.75) is 24.5 Å². The van der Waals surface area contributed by atoms with Gasteiger partial charge in [0, 0.05) is 6.20 Å². The second-order valence-corrected chi connectivity index (χ2v) is 6.31. The minimum Gasteiger partial charge on any atom is -0.387 e. The standard InChI is InChI=1S/C9H13IN3O7P/c10-3-1-13(9(17)12-7(3)16)8-6(15)5(14)4(20-8)2-19-21(11)18/h1,4-6,8,14-15,18H,2,11H2,(H,12,16,17)/t4-,5-,6-,8-,21?/m1/s1. The number of hydrogen-bond acceptors (Lipinski definition) is 8. The monoisotopic (exact) mass is 433 g/mol. The van der Waals surface area contributed by atoms with Crippen molar-refractivity contribution < 1.29 is 24.4 Å². The zero-order chi connectivity index (χ0) is 15.7. The van der Waals surface area contributed by atoms with Crippen molar-refractivity contribution >= 4 is 31.1 Å². The highest BCUT2D eigenvalue weighted by atomic mass is 127. The molecule has 0 radical (unpaired) electrons. The van der Waals surface area contributed by atoms with E-state index in [1.165, 1.54) is 6.20 Å². The third-order valence-corrected chi connectivity index (χ3v) is 4.09. The summed E-state index contributed by atoms with van der Waals surface area (Å²) in [6, 6.07) is 0. The fourth-order valence-corrected chi connectivity index (χ4v) is 2.63. The van der Waals surface area contributed by atoms with E-state index in [2.05, 4.69) is 4.98 Å². The van der Waals surface area contributed by atoms with Crippen molar-refractivity contribution in [2.75, 3.05) is 6.61 Å². The summed E-state index contributed by atoms with van der Waals surface area (Å²) in [5.41, 5.74) is 3.73. The molecule has 2 rings (SSSR count). The summed E-state index contributed by atoms with van der Waals surface area (Å²) in [7, 11) is -2.12. The summed E-state index contributed by atoms with van der Waals surface area (Å²) in [6.45, 7) is -0.247. The summed E-state index contributed by atoms with van der Waals surface area (Å²) in [5, 5.41) is 19.8. The van der Waals surface area contributed by atoms with Gasteiger partial charge in [0.25, 0.3) is 5.56 Å². The summed E-state index contributed by atoms with van der Waals surface area (Å²) >= 11 is 1.72. The molecule has 1 aromatic rings. The maximum atomic E-state index is 11.7. The number of aliphatic hydroxyl groups is 2. The van der Waals surface area contributed by atoms with E-state index in [9.17, 15) is 19.8 Å². The van der Waals surface area contributed by atoms with Crippen LogP contribution in [0.3, 0.4) is 0 Å². The number of halogens is 1. The van der Waals surface area contributed by atoms with Gasteiger partial charge in [-0.2, -0.15) is 0 Å². The number of hydrogen-bond donors (Lipinski definition) is 5. The maximum absolute atomic E-state index is 11.7. The van der Waals surface area contributed by atoms with Gasteiger partial charge in [-0.15, -0.1) is 0 Å². The van der Waals surface area contributed by atoms with Crippen LogP contribution in [0.15, 0.2) is 15.8 Å². The normalized spacial score (nSPS) is 30.5. The van der Waals surface area contributed by atoms with Crippen LogP contribution in [0, 0.1) is 3.57 Å². The number of nitrogens with one attached hydrogen (secondary N) is 1. The number of ether oxygens (including phenoxy) is 1. The molecule has 0 spiro atoms. The van der Waals surface area contributed by atoms with Crippen LogP contribution in [-0.2, 0) is 9.26 Å². The van der Waals surface area contributed by atoms with Crippen molar-refractivity contribution in [3.05, 3.63) is 30.6 Å². The lowest BCUT2D eigenvalue weighted by Gasteiger charge is -2.17. The summed E-state index contributed by atoms with van der Waals surface area (Å²) < 4.78 is 11.3. The Labute approximate surface area is 132 Å². The van der Waals surface area contributed by atoms with E-state index in [0.29, 0.717) is 0 Å². The number of aliphatic hydroxyl groups excluding tert-OH is 2.